The third-order valence-electron chi connectivity index (χ3n) is 2.56. The molecule has 0 heterocycles. The van der Waals surface area contributed by atoms with Gasteiger partial charge < -0.3 is 14.8 Å². The molecule has 2 aromatic rings. The number of carbonyl (C=O) groups excluding carboxylic acids is 1. The predicted molar refractivity (Wildman–Crippen MR) is 73.6 cm³/mol. The molecular weight excluding hydrogens is 299 g/mol. The van der Waals surface area contributed by atoms with Gasteiger partial charge in [0.05, 0.1) is 0 Å². The number of alkyl halides is 2. The summed E-state index contributed by atoms with van der Waals surface area (Å²) in [7, 11) is 0. The van der Waals surface area contributed by atoms with Crippen molar-refractivity contribution in [3.63, 3.8) is 0 Å². The molecule has 1 amide bonds. The lowest BCUT2D eigenvalue weighted by Crippen LogP contribution is -2.20. The minimum absolute atomic E-state index is 0.0180. The second kappa shape index (κ2) is 7.35. The van der Waals surface area contributed by atoms with Crippen LogP contribution >= 0.6 is 0 Å². The highest BCUT2D eigenvalue weighted by atomic mass is 19.3. The number of anilines is 1. The van der Waals surface area contributed by atoms with Gasteiger partial charge in [-0.2, -0.15) is 8.78 Å². The standard InChI is InChI=1S/C15H12F3NO3/c16-12-3-1-2-4-13(12)21-9-14(20)19-10-5-7-11(8-6-10)22-15(17)18/h1-8,15H,9H2,(H,19,20). The molecule has 0 aliphatic carbocycles. The molecule has 0 fully saturated rings. The quantitative estimate of drug-likeness (QED) is 0.889. The summed E-state index contributed by atoms with van der Waals surface area (Å²) < 4.78 is 46.5. The summed E-state index contributed by atoms with van der Waals surface area (Å²) >= 11 is 0. The predicted octanol–water partition coefficient (Wildman–Crippen LogP) is 3.44. The zero-order valence-electron chi connectivity index (χ0n) is 11.3. The lowest BCUT2D eigenvalue weighted by Gasteiger charge is -2.09. The zero-order chi connectivity index (χ0) is 15.9. The molecule has 0 unspecified atom stereocenters. The van der Waals surface area contributed by atoms with Gasteiger partial charge in [0.1, 0.15) is 5.75 Å². The van der Waals surface area contributed by atoms with Crippen LogP contribution in [0.15, 0.2) is 48.5 Å². The van der Waals surface area contributed by atoms with Crippen LogP contribution < -0.4 is 14.8 Å². The number of halogens is 3. The molecular formula is C15H12F3NO3. The van der Waals surface area contributed by atoms with Crippen LogP contribution in [-0.2, 0) is 4.79 Å². The molecule has 22 heavy (non-hydrogen) atoms. The topological polar surface area (TPSA) is 47.6 Å². The van der Waals surface area contributed by atoms with Crippen molar-refractivity contribution in [2.45, 2.75) is 6.61 Å². The van der Waals surface area contributed by atoms with E-state index in [9.17, 15) is 18.0 Å². The Morgan fingerprint density at radius 2 is 1.77 bits per heavy atom. The highest BCUT2D eigenvalue weighted by molar-refractivity contribution is 5.91. The van der Waals surface area contributed by atoms with Crippen molar-refractivity contribution < 1.29 is 27.4 Å². The molecule has 1 N–H and O–H groups in total. The maximum Gasteiger partial charge on any atom is 0.387 e. The molecule has 0 radical (unpaired) electrons. The Labute approximate surface area is 124 Å². The van der Waals surface area contributed by atoms with E-state index < -0.39 is 18.3 Å². The summed E-state index contributed by atoms with van der Waals surface area (Å²) in [6.07, 6.45) is 0. The van der Waals surface area contributed by atoms with E-state index in [4.69, 9.17) is 4.74 Å². The van der Waals surface area contributed by atoms with Gasteiger partial charge in [-0.3, -0.25) is 4.79 Å². The molecule has 0 saturated heterocycles. The monoisotopic (exact) mass is 311 g/mol. The first kappa shape index (κ1) is 15.7. The summed E-state index contributed by atoms with van der Waals surface area (Å²) in [5, 5.41) is 2.48. The highest BCUT2D eigenvalue weighted by Gasteiger charge is 2.08. The molecule has 0 atom stereocenters. The summed E-state index contributed by atoms with van der Waals surface area (Å²) in [4.78, 5) is 11.6. The van der Waals surface area contributed by atoms with E-state index in [1.54, 1.807) is 6.07 Å². The van der Waals surface area contributed by atoms with E-state index in [1.165, 1.54) is 42.5 Å². The normalized spacial score (nSPS) is 10.4. The number of benzene rings is 2. The molecule has 7 heteroatoms. The number of ether oxygens (including phenoxy) is 2. The van der Waals surface area contributed by atoms with Crippen LogP contribution in [0, 0.1) is 5.82 Å². The van der Waals surface area contributed by atoms with Gasteiger partial charge in [0, 0.05) is 5.69 Å². The van der Waals surface area contributed by atoms with E-state index in [-0.39, 0.29) is 18.1 Å². The molecule has 0 aliphatic heterocycles. The van der Waals surface area contributed by atoms with Gasteiger partial charge in [0.2, 0.25) is 0 Å². The lowest BCUT2D eigenvalue weighted by atomic mass is 10.3. The summed E-state index contributed by atoms with van der Waals surface area (Å²) in [6.45, 7) is -3.29. The molecule has 0 aliphatic rings. The Hall–Kier alpha value is -2.70. The van der Waals surface area contributed by atoms with Crippen LogP contribution in [0.3, 0.4) is 0 Å². The van der Waals surface area contributed by atoms with Crippen molar-refractivity contribution in [1.82, 2.24) is 0 Å². The second-order valence-electron chi connectivity index (χ2n) is 4.17. The fraction of sp³-hybridized carbons (Fsp3) is 0.133. The first-order chi connectivity index (χ1) is 10.5. The molecule has 2 aromatic carbocycles. The number of para-hydroxylation sites is 1. The van der Waals surface area contributed by atoms with Gasteiger partial charge in [-0.15, -0.1) is 0 Å². The number of carbonyl (C=O) groups is 1. The summed E-state index contributed by atoms with van der Waals surface area (Å²) in [5.41, 5.74) is 0.378. The molecule has 0 aromatic heterocycles. The Balaban J connectivity index is 1.85. The van der Waals surface area contributed by atoms with Gasteiger partial charge in [0.25, 0.3) is 5.91 Å². The average Bonchev–Trinajstić information content (AvgIpc) is 2.48. The van der Waals surface area contributed by atoms with Crippen molar-refractivity contribution in [3.8, 4) is 11.5 Å². The van der Waals surface area contributed by atoms with Crippen LogP contribution in [0.2, 0.25) is 0 Å². The molecule has 0 spiro atoms. The van der Waals surface area contributed by atoms with E-state index in [0.717, 1.165) is 0 Å². The first-order valence-electron chi connectivity index (χ1n) is 6.26. The van der Waals surface area contributed by atoms with E-state index in [1.807, 2.05) is 0 Å². The van der Waals surface area contributed by atoms with E-state index in [0.29, 0.717) is 5.69 Å². The van der Waals surface area contributed by atoms with Crippen LogP contribution in [0.25, 0.3) is 0 Å². The van der Waals surface area contributed by atoms with Crippen molar-refractivity contribution >= 4 is 11.6 Å². The number of nitrogens with one attached hydrogen (secondary N) is 1. The molecule has 0 saturated carbocycles. The second-order valence-corrected chi connectivity index (χ2v) is 4.17. The van der Waals surface area contributed by atoms with Gasteiger partial charge in [-0.1, -0.05) is 12.1 Å². The van der Waals surface area contributed by atoms with Crippen molar-refractivity contribution in [2.75, 3.05) is 11.9 Å². The van der Waals surface area contributed by atoms with Crippen LogP contribution in [0.1, 0.15) is 0 Å². The third kappa shape index (κ3) is 4.69. The smallest absolute Gasteiger partial charge is 0.387 e. The average molecular weight is 311 g/mol. The number of hydrogen-bond acceptors (Lipinski definition) is 3. The van der Waals surface area contributed by atoms with Crippen LogP contribution in [0.4, 0.5) is 18.9 Å². The zero-order valence-corrected chi connectivity index (χ0v) is 11.3. The fourth-order valence-corrected chi connectivity index (χ4v) is 1.62. The number of amides is 1. The molecule has 116 valence electrons. The molecule has 4 nitrogen and oxygen atoms in total. The Kier molecular flexibility index (Phi) is 5.24. The third-order valence-corrected chi connectivity index (χ3v) is 2.56. The Morgan fingerprint density at radius 1 is 1.09 bits per heavy atom. The maximum atomic E-state index is 13.3. The molecule has 0 bridgehead atoms. The first-order valence-corrected chi connectivity index (χ1v) is 6.26. The summed E-state index contributed by atoms with van der Waals surface area (Å²) in [5.74, 6) is -1.12. The van der Waals surface area contributed by atoms with E-state index in [2.05, 4.69) is 10.1 Å². The fourth-order valence-electron chi connectivity index (χ4n) is 1.62. The van der Waals surface area contributed by atoms with Crippen LogP contribution in [-0.4, -0.2) is 19.1 Å². The number of rotatable bonds is 6. The van der Waals surface area contributed by atoms with Crippen LogP contribution in [0.5, 0.6) is 11.5 Å². The number of hydrogen-bond donors (Lipinski definition) is 1. The largest absolute Gasteiger partial charge is 0.481 e. The molecule has 2 rings (SSSR count). The van der Waals surface area contributed by atoms with Gasteiger partial charge >= 0.3 is 6.61 Å². The maximum absolute atomic E-state index is 13.3. The van der Waals surface area contributed by atoms with Gasteiger partial charge in [-0.25, -0.2) is 4.39 Å². The Morgan fingerprint density at radius 3 is 2.41 bits per heavy atom. The van der Waals surface area contributed by atoms with Crippen molar-refractivity contribution in [1.29, 1.82) is 0 Å². The SMILES string of the molecule is O=C(COc1ccccc1F)Nc1ccc(OC(F)F)cc1. The minimum Gasteiger partial charge on any atom is -0.481 e. The van der Waals surface area contributed by atoms with Gasteiger partial charge in [-0.05, 0) is 36.4 Å². The lowest BCUT2D eigenvalue weighted by molar-refractivity contribution is -0.118. The summed E-state index contributed by atoms with van der Waals surface area (Å²) in [6, 6.07) is 11.1. The van der Waals surface area contributed by atoms with E-state index >= 15 is 0 Å². The minimum atomic E-state index is -2.91. The van der Waals surface area contributed by atoms with Crippen molar-refractivity contribution in [3.05, 3.63) is 54.3 Å². The Bertz CT molecular complexity index is 632. The van der Waals surface area contributed by atoms with Gasteiger partial charge in [0.15, 0.2) is 18.2 Å². The highest BCUT2D eigenvalue weighted by Crippen LogP contribution is 2.18. The van der Waals surface area contributed by atoms with Crippen molar-refractivity contribution in [2.24, 2.45) is 0 Å².